The van der Waals surface area contributed by atoms with Crippen molar-refractivity contribution in [3.8, 4) is 11.5 Å². The zero-order valence-electron chi connectivity index (χ0n) is 12.3. The van der Waals surface area contributed by atoms with Gasteiger partial charge in [0.15, 0.2) is 11.5 Å². The fourth-order valence-corrected chi connectivity index (χ4v) is 2.44. The molecule has 5 nitrogen and oxygen atoms in total. The van der Waals surface area contributed by atoms with Crippen LogP contribution in [0.5, 0.6) is 11.5 Å². The topological polar surface area (TPSA) is 48.3 Å². The van der Waals surface area contributed by atoms with E-state index in [9.17, 15) is 0 Å². The quantitative estimate of drug-likeness (QED) is 0.848. The normalized spacial score (nSPS) is 14.3. The second-order valence-corrected chi connectivity index (χ2v) is 5.38. The first-order chi connectivity index (χ1) is 10.3. The van der Waals surface area contributed by atoms with Gasteiger partial charge < -0.3 is 19.4 Å². The predicted octanol–water partition coefficient (Wildman–Crippen LogP) is 2.22. The van der Waals surface area contributed by atoms with Gasteiger partial charge in [-0.05, 0) is 37.5 Å². The molecule has 1 N–H and O–H groups in total. The summed E-state index contributed by atoms with van der Waals surface area (Å²) < 4.78 is 12.8. The molecule has 0 radical (unpaired) electrons. The van der Waals surface area contributed by atoms with E-state index >= 15 is 0 Å². The summed E-state index contributed by atoms with van der Waals surface area (Å²) in [7, 11) is 0. The van der Waals surface area contributed by atoms with Crippen LogP contribution in [-0.2, 0) is 13.0 Å². The molecule has 1 aromatic carbocycles. The standard InChI is InChI=1S/C16H21N3O2/c1-13(18-7-9-19-8-6-17-11-19)2-3-14-4-5-15-16(10-14)21-12-20-15/h4-6,8,10-11,13,18H,2-3,7,9,12H2,1H3. The first-order valence-corrected chi connectivity index (χ1v) is 7.39. The predicted molar refractivity (Wildman–Crippen MR) is 80.6 cm³/mol. The fourth-order valence-electron chi connectivity index (χ4n) is 2.44. The molecule has 21 heavy (non-hydrogen) atoms. The maximum Gasteiger partial charge on any atom is 0.231 e. The van der Waals surface area contributed by atoms with Gasteiger partial charge in [0.2, 0.25) is 6.79 Å². The van der Waals surface area contributed by atoms with Crippen molar-refractivity contribution in [2.24, 2.45) is 0 Å². The van der Waals surface area contributed by atoms with Crippen molar-refractivity contribution in [1.82, 2.24) is 14.9 Å². The summed E-state index contributed by atoms with van der Waals surface area (Å²) >= 11 is 0. The molecule has 0 aliphatic carbocycles. The van der Waals surface area contributed by atoms with Crippen LogP contribution in [0.15, 0.2) is 36.9 Å². The monoisotopic (exact) mass is 287 g/mol. The highest BCUT2D eigenvalue weighted by Gasteiger charge is 2.13. The van der Waals surface area contributed by atoms with E-state index in [1.54, 1.807) is 0 Å². The minimum absolute atomic E-state index is 0.338. The highest BCUT2D eigenvalue weighted by Crippen LogP contribution is 2.32. The number of rotatable bonds is 7. The molecule has 0 saturated carbocycles. The van der Waals surface area contributed by atoms with Crippen LogP contribution in [0, 0.1) is 0 Å². The van der Waals surface area contributed by atoms with Crippen molar-refractivity contribution < 1.29 is 9.47 Å². The lowest BCUT2D eigenvalue weighted by Crippen LogP contribution is -2.29. The second-order valence-electron chi connectivity index (χ2n) is 5.38. The van der Waals surface area contributed by atoms with Gasteiger partial charge in [-0.15, -0.1) is 0 Å². The number of aryl methyl sites for hydroxylation is 1. The van der Waals surface area contributed by atoms with Crippen LogP contribution in [0.25, 0.3) is 0 Å². The largest absolute Gasteiger partial charge is 0.454 e. The molecule has 2 aromatic rings. The van der Waals surface area contributed by atoms with Crippen LogP contribution in [0.4, 0.5) is 0 Å². The average molecular weight is 287 g/mol. The van der Waals surface area contributed by atoms with E-state index in [-0.39, 0.29) is 0 Å². The Kier molecular flexibility index (Phi) is 4.40. The molecule has 0 spiro atoms. The van der Waals surface area contributed by atoms with Gasteiger partial charge in [-0.1, -0.05) is 6.07 Å². The highest BCUT2D eigenvalue weighted by atomic mass is 16.7. The lowest BCUT2D eigenvalue weighted by Gasteiger charge is -2.14. The van der Waals surface area contributed by atoms with E-state index in [0.717, 1.165) is 37.4 Å². The van der Waals surface area contributed by atoms with Crippen LogP contribution in [0.2, 0.25) is 0 Å². The molecular formula is C16H21N3O2. The lowest BCUT2D eigenvalue weighted by molar-refractivity contribution is 0.174. The minimum Gasteiger partial charge on any atom is -0.454 e. The molecule has 1 aliphatic rings. The van der Waals surface area contributed by atoms with Crippen LogP contribution in [0.1, 0.15) is 18.9 Å². The first-order valence-electron chi connectivity index (χ1n) is 7.39. The summed E-state index contributed by atoms with van der Waals surface area (Å²) in [6.45, 7) is 4.47. The number of benzene rings is 1. The molecule has 3 rings (SSSR count). The summed E-state index contributed by atoms with van der Waals surface area (Å²) in [6, 6.07) is 6.68. The molecule has 0 saturated heterocycles. The molecule has 1 unspecified atom stereocenters. The van der Waals surface area contributed by atoms with Crippen molar-refractivity contribution in [2.75, 3.05) is 13.3 Å². The number of ether oxygens (including phenoxy) is 2. The van der Waals surface area contributed by atoms with E-state index < -0.39 is 0 Å². The van der Waals surface area contributed by atoms with Gasteiger partial charge >= 0.3 is 0 Å². The number of aromatic nitrogens is 2. The van der Waals surface area contributed by atoms with E-state index in [0.29, 0.717) is 12.8 Å². The maximum atomic E-state index is 5.41. The third-order valence-corrected chi connectivity index (χ3v) is 3.72. The summed E-state index contributed by atoms with van der Waals surface area (Å²) in [4.78, 5) is 4.04. The smallest absolute Gasteiger partial charge is 0.231 e. The molecule has 1 aliphatic heterocycles. The van der Waals surface area contributed by atoms with Gasteiger partial charge in [-0.25, -0.2) is 4.98 Å². The van der Waals surface area contributed by atoms with Crippen molar-refractivity contribution >= 4 is 0 Å². The fraction of sp³-hybridized carbons (Fsp3) is 0.438. The minimum atomic E-state index is 0.338. The van der Waals surface area contributed by atoms with Gasteiger partial charge in [-0.3, -0.25) is 0 Å². The van der Waals surface area contributed by atoms with Crippen LogP contribution < -0.4 is 14.8 Å². The third-order valence-electron chi connectivity index (χ3n) is 3.72. The molecule has 112 valence electrons. The SMILES string of the molecule is CC(CCc1ccc2c(c1)OCO2)NCCn1ccnc1. The van der Waals surface area contributed by atoms with E-state index in [4.69, 9.17) is 9.47 Å². The Morgan fingerprint density at radius 2 is 2.24 bits per heavy atom. The van der Waals surface area contributed by atoms with Crippen molar-refractivity contribution in [2.45, 2.75) is 32.4 Å². The zero-order chi connectivity index (χ0) is 14.5. The van der Waals surface area contributed by atoms with Gasteiger partial charge in [0.05, 0.1) is 6.33 Å². The Bertz CT molecular complexity index is 569. The van der Waals surface area contributed by atoms with Crippen LogP contribution in [0.3, 0.4) is 0 Å². The lowest BCUT2D eigenvalue weighted by atomic mass is 10.1. The Hall–Kier alpha value is -2.01. The Labute approximate surface area is 124 Å². The van der Waals surface area contributed by atoms with Gasteiger partial charge in [0, 0.05) is 31.5 Å². The average Bonchev–Trinajstić information content (AvgIpc) is 3.15. The molecule has 2 heterocycles. The third kappa shape index (κ3) is 3.76. The summed E-state index contributed by atoms with van der Waals surface area (Å²) in [5.74, 6) is 1.72. The summed E-state index contributed by atoms with van der Waals surface area (Å²) in [5.41, 5.74) is 1.29. The number of hydrogen-bond acceptors (Lipinski definition) is 4. The second kappa shape index (κ2) is 6.63. The Morgan fingerprint density at radius 1 is 1.33 bits per heavy atom. The molecular weight excluding hydrogens is 266 g/mol. The highest BCUT2D eigenvalue weighted by molar-refractivity contribution is 5.44. The molecule has 0 bridgehead atoms. The van der Waals surface area contributed by atoms with Crippen molar-refractivity contribution in [3.63, 3.8) is 0 Å². The van der Waals surface area contributed by atoms with Crippen molar-refractivity contribution in [1.29, 1.82) is 0 Å². The molecule has 5 heteroatoms. The van der Waals surface area contributed by atoms with Crippen molar-refractivity contribution in [3.05, 3.63) is 42.5 Å². The Morgan fingerprint density at radius 3 is 3.10 bits per heavy atom. The van der Waals surface area contributed by atoms with Gasteiger partial charge in [0.25, 0.3) is 0 Å². The molecule has 0 amide bonds. The zero-order valence-corrected chi connectivity index (χ0v) is 12.3. The molecule has 1 aromatic heterocycles. The first kappa shape index (κ1) is 13.9. The number of fused-ring (bicyclic) bond motifs is 1. The van der Waals surface area contributed by atoms with Crippen LogP contribution in [-0.4, -0.2) is 28.9 Å². The number of imidazole rings is 1. The maximum absolute atomic E-state index is 5.41. The molecule has 1 atom stereocenters. The van der Waals surface area contributed by atoms with E-state index in [1.807, 2.05) is 24.8 Å². The number of nitrogens with one attached hydrogen (secondary N) is 1. The van der Waals surface area contributed by atoms with Crippen LogP contribution >= 0.6 is 0 Å². The van der Waals surface area contributed by atoms with Gasteiger partial charge in [0.1, 0.15) is 0 Å². The van der Waals surface area contributed by atoms with E-state index in [2.05, 4.69) is 33.9 Å². The number of nitrogens with zero attached hydrogens (tertiary/aromatic N) is 2. The molecule has 0 fully saturated rings. The number of hydrogen-bond donors (Lipinski definition) is 1. The summed E-state index contributed by atoms with van der Waals surface area (Å²) in [6.07, 6.45) is 7.78. The van der Waals surface area contributed by atoms with Gasteiger partial charge in [-0.2, -0.15) is 0 Å². The Balaban J connectivity index is 1.40. The summed E-state index contributed by atoms with van der Waals surface area (Å²) in [5, 5.41) is 3.54. The van der Waals surface area contributed by atoms with E-state index in [1.165, 1.54) is 5.56 Å².